The van der Waals surface area contributed by atoms with Crippen molar-refractivity contribution >= 4 is 5.91 Å². The number of carbonyl (C=O) groups is 1. The first-order valence-electron chi connectivity index (χ1n) is 7.87. The van der Waals surface area contributed by atoms with E-state index in [1.54, 1.807) is 12.1 Å². The number of likely N-dealkylation sites (N-methyl/N-ethyl adjacent to an activating group) is 1. The fourth-order valence-corrected chi connectivity index (χ4v) is 3.54. The highest BCUT2D eigenvalue weighted by atomic mass is 19.1. The number of hydrogen-bond acceptors (Lipinski definition) is 3. The fourth-order valence-electron chi connectivity index (χ4n) is 3.54. The zero-order valence-electron chi connectivity index (χ0n) is 13.2. The molecule has 2 aliphatic heterocycles. The number of piperidine rings is 1. The van der Waals surface area contributed by atoms with Crippen LogP contribution in [0.1, 0.15) is 25.3 Å². The molecular weight excluding hydrogens is 283 g/mol. The molecular formula is C17H23FN2O2. The van der Waals surface area contributed by atoms with Gasteiger partial charge in [-0.05, 0) is 37.5 Å². The van der Waals surface area contributed by atoms with Gasteiger partial charge in [-0.25, -0.2) is 4.39 Å². The lowest BCUT2D eigenvalue weighted by molar-refractivity contribution is -0.183. The van der Waals surface area contributed by atoms with Crippen LogP contribution in [0.4, 0.5) is 4.39 Å². The Morgan fingerprint density at radius 3 is 2.77 bits per heavy atom. The van der Waals surface area contributed by atoms with Crippen LogP contribution in [0.5, 0.6) is 0 Å². The first kappa shape index (κ1) is 15.4. The molecule has 0 radical (unpaired) electrons. The first-order valence-corrected chi connectivity index (χ1v) is 7.87. The van der Waals surface area contributed by atoms with Gasteiger partial charge in [-0.15, -0.1) is 0 Å². The van der Waals surface area contributed by atoms with Gasteiger partial charge in [0.2, 0.25) is 5.91 Å². The third-order valence-electron chi connectivity index (χ3n) is 5.22. The number of nitrogens with zero attached hydrogens (tertiary/aromatic N) is 2. The molecule has 3 rings (SSSR count). The molecule has 0 aliphatic carbocycles. The van der Waals surface area contributed by atoms with Gasteiger partial charge >= 0.3 is 0 Å². The number of likely N-dealkylation sites (tertiary alicyclic amines) is 1. The molecule has 0 aromatic heterocycles. The van der Waals surface area contributed by atoms with E-state index in [4.69, 9.17) is 4.74 Å². The molecule has 22 heavy (non-hydrogen) atoms. The summed E-state index contributed by atoms with van der Waals surface area (Å²) in [5.74, 6) is -0.129. The van der Waals surface area contributed by atoms with Gasteiger partial charge in [0.15, 0.2) is 0 Å². The molecule has 120 valence electrons. The summed E-state index contributed by atoms with van der Waals surface area (Å²) in [5.41, 5.74) is 0.780. The summed E-state index contributed by atoms with van der Waals surface area (Å²) in [4.78, 5) is 15.9. The predicted octanol–water partition coefficient (Wildman–Crippen LogP) is 2.04. The summed E-state index contributed by atoms with van der Waals surface area (Å²) in [5, 5.41) is 0. The standard InChI is InChI=1S/C17H23FN2O2/c1-13-17(22-12-16(21)19(13)2)6-8-20(9-7-17)11-14-4-3-5-15(18)10-14/h3-5,10,13H,6-9,11-12H2,1-2H3. The van der Waals surface area contributed by atoms with Crippen LogP contribution < -0.4 is 0 Å². The molecule has 0 bridgehead atoms. The van der Waals surface area contributed by atoms with E-state index in [1.165, 1.54) is 6.07 Å². The van der Waals surface area contributed by atoms with Crippen molar-refractivity contribution in [1.82, 2.24) is 9.80 Å². The topological polar surface area (TPSA) is 32.8 Å². The van der Waals surface area contributed by atoms with E-state index in [1.807, 2.05) is 18.0 Å². The Kier molecular flexibility index (Phi) is 4.19. The van der Waals surface area contributed by atoms with Crippen molar-refractivity contribution in [1.29, 1.82) is 0 Å². The molecule has 1 unspecified atom stereocenters. The van der Waals surface area contributed by atoms with Gasteiger partial charge in [0.25, 0.3) is 0 Å². The van der Waals surface area contributed by atoms with Crippen LogP contribution in [0.25, 0.3) is 0 Å². The van der Waals surface area contributed by atoms with Crippen LogP contribution in [0, 0.1) is 5.82 Å². The van der Waals surface area contributed by atoms with E-state index in [2.05, 4.69) is 11.8 Å². The van der Waals surface area contributed by atoms with Crippen molar-refractivity contribution in [2.75, 3.05) is 26.7 Å². The molecule has 2 heterocycles. The second kappa shape index (κ2) is 5.97. The van der Waals surface area contributed by atoms with Gasteiger partial charge < -0.3 is 9.64 Å². The maximum Gasteiger partial charge on any atom is 0.248 e. The molecule has 1 atom stereocenters. The Morgan fingerprint density at radius 2 is 2.09 bits per heavy atom. The van der Waals surface area contributed by atoms with E-state index in [0.717, 1.165) is 38.0 Å². The third kappa shape index (κ3) is 2.88. The van der Waals surface area contributed by atoms with Gasteiger partial charge in [0, 0.05) is 26.7 Å². The Morgan fingerprint density at radius 1 is 1.36 bits per heavy atom. The van der Waals surface area contributed by atoms with Crippen molar-refractivity contribution < 1.29 is 13.9 Å². The zero-order chi connectivity index (χ0) is 15.7. The van der Waals surface area contributed by atoms with E-state index < -0.39 is 0 Å². The number of benzene rings is 1. The van der Waals surface area contributed by atoms with E-state index in [0.29, 0.717) is 0 Å². The highest BCUT2D eigenvalue weighted by Gasteiger charge is 2.46. The minimum absolute atomic E-state index is 0.0558. The van der Waals surface area contributed by atoms with Gasteiger partial charge in [-0.1, -0.05) is 12.1 Å². The summed E-state index contributed by atoms with van der Waals surface area (Å²) >= 11 is 0. The van der Waals surface area contributed by atoms with Crippen molar-refractivity contribution in [3.8, 4) is 0 Å². The minimum Gasteiger partial charge on any atom is -0.363 e. The molecule has 4 nitrogen and oxygen atoms in total. The van der Waals surface area contributed by atoms with Crippen LogP contribution >= 0.6 is 0 Å². The fraction of sp³-hybridized carbons (Fsp3) is 0.588. The van der Waals surface area contributed by atoms with E-state index >= 15 is 0 Å². The number of halogens is 1. The second-order valence-corrected chi connectivity index (χ2v) is 6.44. The summed E-state index contributed by atoms with van der Waals surface area (Å²) in [6.45, 7) is 4.83. The van der Waals surface area contributed by atoms with Crippen molar-refractivity contribution in [3.63, 3.8) is 0 Å². The van der Waals surface area contributed by atoms with Crippen LogP contribution in [0.3, 0.4) is 0 Å². The molecule has 0 saturated carbocycles. The van der Waals surface area contributed by atoms with E-state index in [-0.39, 0.29) is 30.0 Å². The number of carbonyl (C=O) groups excluding carboxylic acids is 1. The van der Waals surface area contributed by atoms with Gasteiger partial charge in [0.05, 0.1) is 11.6 Å². The van der Waals surface area contributed by atoms with Crippen molar-refractivity contribution in [2.24, 2.45) is 0 Å². The molecule has 2 saturated heterocycles. The van der Waals surface area contributed by atoms with Crippen LogP contribution in [0.15, 0.2) is 24.3 Å². The molecule has 0 N–H and O–H groups in total. The number of hydrogen-bond donors (Lipinski definition) is 0. The minimum atomic E-state index is -0.221. The Balaban J connectivity index is 1.61. The molecule has 1 spiro atoms. The molecule has 1 aromatic rings. The van der Waals surface area contributed by atoms with Crippen molar-refractivity contribution in [2.45, 2.75) is 38.0 Å². The highest BCUT2D eigenvalue weighted by molar-refractivity contribution is 5.78. The summed E-state index contributed by atoms with van der Waals surface area (Å²) < 4.78 is 19.2. The molecule has 5 heteroatoms. The number of ether oxygens (including phenoxy) is 1. The molecule has 1 aromatic carbocycles. The smallest absolute Gasteiger partial charge is 0.248 e. The van der Waals surface area contributed by atoms with E-state index in [9.17, 15) is 9.18 Å². The summed E-state index contributed by atoms with van der Waals surface area (Å²) in [6.07, 6.45) is 1.81. The normalized spacial score (nSPS) is 25.7. The van der Waals surface area contributed by atoms with Crippen molar-refractivity contribution in [3.05, 3.63) is 35.6 Å². The molecule has 2 fully saturated rings. The predicted molar refractivity (Wildman–Crippen MR) is 81.8 cm³/mol. The van der Waals surface area contributed by atoms with Crippen LogP contribution in [-0.4, -0.2) is 54.1 Å². The second-order valence-electron chi connectivity index (χ2n) is 6.44. The lowest BCUT2D eigenvalue weighted by Gasteiger charge is -2.50. The average molecular weight is 306 g/mol. The Hall–Kier alpha value is -1.46. The number of morpholine rings is 1. The molecule has 2 aliphatic rings. The van der Waals surface area contributed by atoms with Crippen LogP contribution in [-0.2, 0) is 16.1 Å². The lowest BCUT2D eigenvalue weighted by Crippen LogP contribution is -2.62. The summed E-state index contributed by atoms with van der Waals surface area (Å²) in [6, 6.07) is 6.88. The average Bonchev–Trinajstić information content (AvgIpc) is 2.51. The maximum atomic E-state index is 13.3. The number of amides is 1. The number of rotatable bonds is 2. The quantitative estimate of drug-likeness (QED) is 0.838. The SMILES string of the molecule is CC1N(C)C(=O)COC12CCN(Cc1cccc(F)c1)CC2. The van der Waals surface area contributed by atoms with Gasteiger partial charge in [-0.3, -0.25) is 9.69 Å². The monoisotopic (exact) mass is 306 g/mol. The first-order chi connectivity index (χ1) is 10.5. The van der Waals surface area contributed by atoms with Crippen LogP contribution in [0.2, 0.25) is 0 Å². The maximum absolute atomic E-state index is 13.3. The van der Waals surface area contributed by atoms with Gasteiger partial charge in [0.1, 0.15) is 12.4 Å². The zero-order valence-corrected chi connectivity index (χ0v) is 13.2. The summed E-state index contributed by atoms with van der Waals surface area (Å²) in [7, 11) is 1.86. The van der Waals surface area contributed by atoms with Gasteiger partial charge in [-0.2, -0.15) is 0 Å². The Bertz CT molecular complexity index is 555. The Labute approximate surface area is 130 Å². The highest BCUT2D eigenvalue weighted by Crippen LogP contribution is 2.35. The third-order valence-corrected chi connectivity index (χ3v) is 5.22. The lowest BCUT2D eigenvalue weighted by atomic mass is 9.83. The largest absolute Gasteiger partial charge is 0.363 e. The molecule has 1 amide bonds.